The number of rotatable bonds is 10. The van der Waals surface area contributed by atoms with Crippen LogP contribution in [0.5, 0.6) is 0 Å². The summed E-state index contributed by atoms with van der Waals surface area (Å²) in [6, 6.07) is 9.88. The molecule has 4 rings (SSSR count). The highest BCUT2D eigenvalue weighted by Gasteiger charge is 2.30. The third kappa shape index (κ3) is 5.16. The van der Waals surface area contributed by atoms with E-state index in [0.717, 1.165) is 8.61 Å². The van der Waals surface area contributed by atoms with Crippen molar-refractivity contribution in [3.8, 4) is 11.5 Å². The van der Waals surface area contributed by atoms with Gasteiger partial charge in [0.05, 0.1) is 25.1 Å². The van der Waals surface area contributed by atoms with Gasteiger partial charge in [0, 0.05) is 32.5 Å². The Kier molecular flexibility index (Phi) is 7.52. The minimum atomic E-state index is -3.98. The third-order valence-corrected chi connectivity index (χ3v) is 7.41. The summed E-state index contributed by atoms with van der Waals surface area (Å²) < 4.78 is 49.3. The molecule has 0 unspecified atom stereocenters. The zero-order valence-electron chi connectivity index (χ0n) is 20.7. The molecule has 0 aliphatic heterocycles. The van der Waals surface area contributed by atoms with E-state index in [1.165, 1.54) is 24.8 Å². The van der Waals surface area contributed by atoms with Crippen molar-refractivity contribution in [2.75, 3.05) is 49.6 Å². The lowest BCUT2D eigenvalue weighted by atomic mass is 10.2. The maximum Gasteiger partial charge on any atom is 0.303 e. The fourth-order valence-electron chi connectivity index (χ4n) is 3.76. The first-order chi connectivity index (χ1) is 17.6. The monoisotopic (exact) mass is 529 g/mol. The second-order valence-corrected chi connectivity index (χ2v) is 10.3. The maximum absolute atomic E-state index is 14.3. The van der Waals surface area contributed by atoms with Crippen molar-refractivity contribution >= 4 is 38.6 Å². The van der Waals surface area contributed by atoms with E-state index in [9.17, 15) is 12.8 Å². The number of aromatic nitrogens is 5. The number of nitrogen functional groups attached to an aromatic ring is 2. The topological polar surface area (TPSA) is 158 Å². The molecule has 0 atom stereocenters. The molecule has 0 aliphatic rings. The molecule has 0 amide bonds. The zero-order valence-corrected chi connectivity index (χ0v) is 21.5. The van der Waals surface area contributed by atoms with Crippen molar-refractivity contribution in [1.29, 1.82) is 0 Å². The van der Waals surface area contributed by atoms with E-state index in [-0.39, 0.29) is 48.7 Å². The van der Waals surface area contributed by atoms with Crippen molar-refractivity contribution in [3.05, 3.63) is 54.0 Å². The van der Waals surface area contributed by atoms with Crippen LogP contribution in [0.1, 0.15) is 12.5 Å². The van der Waals surface area contributed by atoms with Gasteiger partial charge in [-0.1, -0.05) is 18.2 Å². The maximum atomic E-state index is 14.3. The first kappa shape index (κ1) is 26.2. The molecule has 14 heteroatoms. The van der Waals surface area contributed by atoms with Crippen LogP contribution in [-0.4, -0.2) is 71.3 Å². The number of hydrogen-bond acceptors (Lipinski definition) is 9. The van der Waals surface area contributed by atoms with Crippen molar-refractivity contribution in [1.82, 2.24) is 29.0 Å². The van der Waals surface area contributed by atoms with Gasteiger partial charge >= 0.3 is 10.2 Å². The normalized spacial score (nSPS) is 11.9. The van der Waals surface area contributed by atoms with Gasteiger partial charge in [-0.25, -0.2) is 28.3 Å². The number of nitrogens with two attached hydrogens (primary N) is 2. The van der Waals surface area contributed by atoms with Crippen LogP contribution in [0.15, 0.2) is 42.6 Å². The number of ether oxygens (including phenoxy) is 1. The lowest BCUT2D eigenvalue weighted by Gasteiger charge is -2.28. The molecule has 0 spiro atoms. The van der Waals surface area contributed by atoms with Gasteiger partial charge in [-0.3, -0.25) is 0 Å². The van der Waals surface area contributed by atoms with Gasteiger partial charge in [-0.2, -0.15) is 17.8 Å². The Morgan fingerprint density at radius 1 is 1.08 bits per heavy atom. The molecule has 0 saturated heterocycles. The van der Waals surface area contributed by atoms with Crippen molar-refractivity contribution in [2.45, 2.75) is 13.5 Å². The Labute approximate surface area is 213 Å². The first-order valence-electron chi connectivity index (χ1n) is 11.4. The van der Waals surface area contributed by atoms with E-state index < -0.39 is 10.2 Å². The molecule has 0 bridgehead atoms. The van der Waals surface area contributed by atoms with Gasteiger partial charge in [-0.15, -0.1) is 0 Å². The van der Waals surface area contributed by atoms with Crippen molar-refractivity contribution in [2.24, 2.45) is 0 Å². The average Bonchev–Trinajstić information content (AvgIpc) is 3.22. The first-order valence-corrected chi connectivity index (χ1v) is 12.8. The van der Waals surface area contributed by atoms with Gasteiger partial charge in [0.15, 0.2) is 23.1 Å². The average molecular weight is 530 g/mol. The third-order valence-electron chi connectivity index (χ3n) is 5.57. The SMILES string of the molecule is CCOCCN(c1c(N)nc(-c2nn(Cc3ccccc3F)c3ncccc23)nc1N)S(=O)(=O)N(C)C. The highest BCUT2D eigenvalue weighted by molar-refractivity contribution is 7.90. The molecule has 3 aromatic heterocycles. The Balaban J connectivity index is 1.80. The smallest absolute Gasteiger partial charge is 0.303 e. The van der Waals surface area contributed by atoms with E-state index >= 15 is 0 Å². The molecular formula is C23H28FN9O3S. The fraction of sp³-hybridized carbons (Fsp3) is 0.304. The highest BCUT2D eigenvalue weighted by Crippen LogP contribution is 2.34. The number of nitrogens with zero attached hydrogens (tertiary/aromatic N) is 7. The molecule has 0 saturated carbocycles. The molecular weight excluding hydrogens is 501 g/mol. The largest absolute Gasteiger partial charge is 0.382 e. The van der Waals surface area contributed by atoms with Gasteiger partial charge in [0.2, 0.25) is 0 Å². The van der Waals surface area contributed by atoms with Crippen LogP contribution >= 0.6 is 0 Å². The van der Waals surface area contributed by atoms with Gasteiger partial charge in [0.25, 0.3) is 0 Å². The molecule has 0 fully saturated rings. The molecule has 37 heavy (non-hydrogen) atoms. The number of benzene rings is 1. The van der Waals surface area contributed by atoms with Crippen LogP contribution in [0.3, 0.4) is 0 Å². The number of halogens is 1. The predicted octanol–water partition coefficient (Wildman–Crippen LogP) is 1.89. The van der Waals surface area contributed by atoms with Crippen molar-refractivity contribution < 1.29 is 17.5 Å². The zero-order chi connectivity index (χ0) is 26.7. The number of hydrogen-bond donors (Lipinski definition) is 2. The second kappa shape index (κ2) is 10.6. The minimum absolute atomic E-state index is 0.0461. The molecule has 4 aromatic rings. The summed E-state index contributed by atoms with van der Waals surface area (Å²) in [7, 11) is -1.19. The molecule has 196 valence electrons. The van der Waals surface area contributed by atoms with Crippen LogP contribution in [0.4, 0.5) is 21.7 Å². The highest BCUT2D eigenvalue weighted by atomic mass is 32.2. The van der Waals surface area contributed by atoms with Gasteiger partial charge < -0.3 is 16.2 Å². The Morgan fingerprint density at radius 3 is 2.43 bits per heavy atom. The van der Waals surface area contributed by atoms with E-state index in [0.29, 0.717) is 28.9 Å². The lowest BCUT2D eigenvalue weighted by molar-refractivity contribution is 0.156. The summed E-state index contributed by atoms with van der Waals surface area (Å²) in [6.07, 6.45) is 1.60. The van der Waals surface area contributed by atoms with Crippen LogP contribution in [0.2, 0.25) is 0 Å². The van der Waals surface area contributed by atoms with E-state index in [1.54, 1.807) is 43.5 Å². The molecule has 1 aromatic carbocycles. The van der Waals surface area contributed by atoms with Gasteiger partial charge in [0.1, 0.15) is 17.2 Å². The second-order valence-electron chi connectivity index (χ2n) is 8.20. The molecule has 4 N–H and O–H groups in total. The molecule has 12 nitrogen and oxygen atoms in total. The van der Waals surface area contributed by atoms with E-state index in [1.807, 2.05) is 0 Å². The lowest BCUT2D eigenvalue weighted by Crippen LogP contribution is -2.43. The Hall–Kier alpha value is -3.88. The minimum Gasteiger partial charge on any atom is -0.382 e. The standard InChI is InChI=1S/C23H28FN9O3S/c1-4-36-13-12-33(37(34,35)31(2)3)19-20(25)28-22(29-21(19)26)18-16-9-7-11-27-23(16)32(30-18)14-15-8-5-6-10-17(15)24/h5-11H,4,12-14H2,1-3H3,(H4,25,26,28,29). The van der Waals surface area contributed by atoms with Crippen LogP contribution in [-0.2, 0) is 21.5 Å². The number of anilines is 3. The number of pyridine rings is 1. The summed E-state index contributed by atoms with van der Waals surface area (Å²) in [5, 5.41) is 5.18. The van der Waals surface area contributed by atoms with E-state index in [4.69, 9.17) is 16.2 Å². The van der Waals surface area contributed by atoms with Crippen LogP contribution in [0.25, 0.3) is 22.6 Å². The Bertz CT molecular complexity index is 1500. The summed E-state index contributed by atoms with van der Waals surface area (Å²) in [5.74, 6) is -0.585. The molecule has 3 heterocycles. The van der Waals surface area contributed by atoms with E-state index in [2.05, 4.69) is 20.1 Å². The quantitative estimate of drug-likeness (QED) is 0.293. The predicted molar refractivity (Wildman–Crippen MR) is 139 cm³/mol. The van der Waals surface area contributed by atoms with Crippen LogP contribution in [0, 0.1) is 5.82 Å². The Morgan fingerprint density at radius 2 is 1.78 bits per heavy atom. The number of fused-ring (bicyclic) bond motifs is 1. The molecule has 0 radical (unpaired) electrons. The molecule has 0 aliphatic carbocycles. The summed E-state index contributed by atoms with van der Waals surface area (Å²) >= 11 is 0. The summed E-state index contributed by atoms with van der Waals surface area (Å²) in [5.41, 5.74) is 13.7. The fourth-order valence-corrected chi connectivity index (χ4v) is 4.87. The summed E-state index contributed by atoms with van der Waals surface area (Å²) in [4.78, 5) is 13.1. The van der Waals surface area contributed by atoms with Gasteiger partial charge in [-0.05, 0) is 25.1 Å². The summed E-state index contributed by atoms with van der Waals surface area (Å²) in [6.45, 7) is 2.40. The van der Waals surface area contributed by atoms with Crippen LogP contribution < -0.4 is 15.8 Å². The van der Waals surface area contributed by atoms with Crippen molar-refractivity contribution in [3.63, 3.8) is 0 Å².